The normalized spacial score (nSPS) is 10.2. The third-order valence-electron chi connectivity index (χ3n) is 3.98. The van der Waals surface area contributed by atoms with Crippen molar-refractivity contribution in [2.45, 2.75) is 6.92 Å². The molecule has 3 N–H and O–H groups in total. The van der Waals surface area contributed by atoms with Gasteiger partial charge in [0, 0.05) is 43.8 Å². The third-order valence-corrected chi connectivity index (χ3v) is 3.98. The highest BCUT2D eigenvalue weighted by Crippen LogP contribution is 2.19. The monoisotopic (exact) mass is 390 g/mol. The third kappa shape index (κ3) is 5.52. The van der Waals surface area contributed by atoms with Crippen molar-refractivity contribution in [3.05, 3.63) is 66.6 Å². The number of aromatic nitrogens is 2. The fourth-order valence-corrected chi connectivity index (χ4v) is 2.57. The van der Waals surface area contributed by atoms with Gasteiger partial charge in [0.25, 0.3) is 5.91 Å². The first-order valence-corrected chi connectivity index (χ1v) is 8.96. The number of rotatable bonds is 6. The second-order valence-corrected chi connectivity index (χ2v) is 6.57. The van der Waals surface area contributed by atoms with E-state index in [4.69, 9.17) is 0 Å². The lowest BCUT2D eigenvalue weighted by molar-refractivity contribution is -0.114. The average Bonchev–Trinajstić information content (AvgIpc) is 2.68. The van der Waals surface area contributed by atoms with Crippen molar-refractivity contribution in [2.75, 3.05) is 34.9 Å². The topological polar surface area (TPSA) is 99.2 Å². The number of nitrogens with zero attached hydrogens (tertiary/aromatic N) is 3. The lowest BCUT2D eigenvalue weighted by atomic mass is 10.2. The van der Waals surface area contributed by atoms with Gasteiger partial charge in [-0.25, -0.2) is 9.97 Å². The van der Waals surface area contributed by atoms with Crippen molar-refractivity contribution in [1.29, 1.82) is 0 Å². The van der Waals surface area contributed by atoms with Gasteiger partial charge < -0.3 is 20.9 Å². The van der Waals surface area contributed by atoms with Gasteiger partial charge in [0.05, 0.1) is 12.4 Å². The summed E-state index contributed by atoms with van der Waals surface area (Å²) < 4.78 is 0. The summed E-state index contributed by atoms with van der Waals surface area (Å²) in [5.74, 6) is -0.0371. The molecule has 3 rings (SSSR count). The van der Waals surface area contributed by atoms with Crippen molar-refractivity contribution >= 4 is 40.4 Å². The molecule has 0 unspecified atom stereocenters. The van der Waals surface area contributed by atoms with E-state index in [1.807, 2.05) is 43.3 Å². The van der Waals surface area contributed by atoms with Crippen molar-refractivity contribution in [2.24, 2.45) is 0 Å². The summed E-state index contributed by atoms with van der Waals surface area (Å²) in [5.41, 5.74) is 3.30. The summed E-state index contributed by atoms with van der Waals surface area (Å²) in [4.78, 5) is 34.0. The summed E-state index contributed by atoms with van der Waals surface area (Å²) in [5, 5.41) is 8.56. The molecule has 2 aromatic carbocycles. The van der Waals surface area contributed by atoms with Crippen LogP contribution < -0.4 is 20.9 Å². The van der Waals surface area contributed by atoms with Crippen LogP contribution in [0.4, 0.5) is 28.6 Å². The van der Waals surface area contributed by atoms with Crippen LogP contribution >= 0.6 is 0 Å². The van der Waals surface area contributed by atoms with Gasteiger partial charge in [0.15, 0.2) is 0 Å². The van der Waals surface area contributed by atoms with Crippen LogP contribution in [0.2, 0.25) is 0 Å². The molecule has 0 saturated heterocycles. The standard InChI is InChI=1S/C21H22N6O2/c1-14(28)24-16-5-4-6-17(11-16)26-21(29)19-12-23-20(13-22-19)25-15-7-9-18(10-8-15)27(2)3/h4-13H,1-3H3,(H,23,25)(H,24,28)(H,26,29). The van der Waals surface area contributed by atoms with E-state index >= 15 is 0 Å². The van der Waals surface area contributed by atoms with Crippen molar-refractivity contribution in [3.8, 4) is 0 Å². The molecule has 2 amide bonds. The molecule has 0 radical (unpaired) electrons. The largest absolute Gasteiger partial charge is 0.378 e. The van der Waals surface area contributed by atoms with E-state index in [0.29, 0.717) is 17.2 Å². The highest BCUT2D eigenvalue weighted by Gasteiger charge is 2.09. The van der Waals surface area contributed by atoms with Gasteiger partial charge in [-0.2, -0.15) is 0 Å². The lowest BCUT2D eigenvalue weighted by Crippen LogP contribution is -2.14. The average molecular weight is 390 g/mol. The van der Waals surface area contributed by atoms with Crippen LogP contribution in [0.25, 0.3) is 0 Å². The highest BCUT2D eigenvalue weighted by molar-refractivity contribution is 6.03. The van der Waals surface area contributed by atoms with Crippen LogP contribution in [-0.4, -0.2) is 35.9 Å². The minimum atomic E-state index is -0.389. The Morgan fingerprint density at radius 1 is 0.862 bits per heavy atom. The maximum Gasteiger partial charge on any atom is 0.275 e. The Kier molecular flexibility index (Phi) is 6.03. The van der Waals surface area contributed by atoms with Gasteiger partial charge in [-0.15, -0.1) is 0 Å². The molecule has 0 fully saturated rings. The molecule has 0 aliphatic heterocycles. The minimum Gasteiger partial charge on any atom is -0.378 e. The van der Waals surface area contributed by atoms with Crippen LogP contribution in [0.5, 0.6) is 0 Å². The number of amides is 2. The smallest absolute Gasteiger partial charge is 0.275 e. The lowest BCUT2D eigenvalue weighted by Gasteiger charge is -2.13. The molecule has 0 bridgehead atoms. The van der Waals surface area contributed by atoms with E-state index in [2.05, 4.69) is 25.9 Å². The van der Waals surface area contributed by atoms with Crippen LogP contribution in [0.1, 0.15) is 17.4 Å². The Balaban J connectivity index is 1.63. The van der Waals surface area contributed by atoms with Crippen molar-refractivity contribution in [1.82, 2.24) is 9.97 Å². The van der Waals surface area contributed by atoms with Crippen LogP contribution in [-0.2, 0) is 4.79 Å². The molecular formula is C21H22N6O2. The molecule has 0 spiro atoms. The maximum absolute atomic E-state index is 12.4. The first-order chi connectivity index (χ1) is 13.9. The molecule has 29 heavy (non-hydrogen) atoms. The zero-order chi connectivity index (χ0) is 20.8. The molecule has 1 aromatic heterocycles. The molecule has 0 atom stereocenters. The van der Waals surface area contributed by atoms with Gasteiger partial charge in [-0.3, -0.25) is 9.59 Å². The number of anilines is 5. The SMILES string of the molecule is CC(=O)Nc1cccc(NC(=O)c2cnc(Nc3ccc(N(C)C)cc3)cn2)c1. The fourth-order valence-electron chi connectivity index (χ4n) is 2.57. The first kappa shape index (κ1) is 19.8. The van der Waals surface area contributed by atoms with Gasteiger partial charge in [0.2, 0.25) is 5.91 Å². The number of hydrogen-bond acceptors (Lipinski definition) is 6. The summed E-state index contributed by atoms with van der Waals surface area (Å²) in [7, 11) is 3.96. The summed E-state index contributed by atoms with van der Waals surface area (Å²) in [6.45, 7) is 1.42. The fraction of sp³-hybridized carbons (Fsp3) is 0.143. The quantitative estimate of drug-likeness (QED) is 0.596. The van der Waals surface area contributed by atoms with Gasteiger partial charge >= 0.3 is 0 Å². The molecule has 3 aromatic rings. The second kappa shape index (κ2) is 8.83. The predicted octanol–water partition coefficient (Wildman–Crippen LogP) is 3.50. The predicted molar refractivity (Wildman–Crippen MR) is 115 cm³/mol. The number of nitrogens with one attached hydrogen (secondary N) is 3. The summed E-state index contributed by atoms with van der Waals surface area (Å²) >= 11 is 0. The van der Waals surface area contributed by atoms with E-state index in [1.54, 1.807) is 24.3 Å². The molecule has 0 saturated carbocycles. The van der Waals surface area contributed by atoms with Crippen LogP contribution in [0.15, 0.2) is 60.9 Å². The summed E-state index contributed by atoms with van der Waals surface area (Å²) in [6, 6.07) is 14.7. The molecule has 8 heteroatoms. The zero-order valence-corrected chi connectivity index (χ0v) is 16.4. The first-order valence-electron chi connectivity index (χ1n) is 8.96. The molecule has 148 valence electrons. The zero-order valence-electron chi connectivity index (χ0n) is 16.4. The Labute approximate surface area is 169 Å². The molecule has 0 aliphatic rings. The number of carbonyl (C=O) groups excluding carboxylic acids is 2. The van der Waals surface area contributed by atoms with Crippen molar-refractivity contribution in [3.63, 3.8) is 0 Å². The molecule has 1 heterocycles. The van der Waals surface area contributed by atoms with E-state index in [1.165, 1.54) is 19.3 Å². The Hall–Kier alpha value is -3.94. The second-order valence-electron chi connectivity index (χ2n) is 6.57. The summed E-state index contributed by atoms with van der Waals surface area (Å²) in [6.07, 6.45) is 2.91. The van der Waals surface area contributed by atoms with E-state index in [9.17, 15) is 9.59 Å². The maximum atomic E-state index is 12.4. The van der Waals surface area contributed by atoms with Crippen LogP contribution in [0.3, 0.4) is 0 Å². The molecule has 8 nitrogen and oxygen atoms in total. The van der Waals surface area contributed by atoms with Crippen molar-refractivity contribution < 1.29 is 9.59 Å². The Morgan fingerprint density at radius 2 is 1.55 bits per heavy atom. The minimum absolute atomic E-state index is 0.182. The molecular weight excluding hydrogens is 368 g/mol. The van der Waals surface area contributed by atoms with Gasteiger partial charge in [-0.05, 0) is 42.5 Å². The van der Waals surface area contributed by atoms with Gasteiger partial charge in [0.1, 0.15) is 11.5 Å². The Morgan fingerprint density at radius 3 is 2.14 bits per heavy atom. The Bertz CT molecular complexity index is 1000. The molecule has 0 aliphatic carbocycles. The van der Waals surface area contributed by atoms with E-state index in [-0.39, 0.29) is 17.5 Å². The highest BCUT2D eigenvalue weighted by atomic mass is 16.2. The van der Waals surface area contributed by atoms with E-state index in [0.717, 1.165) is 11.4 Å². The van der Waals surface area contributed by atoms with Crippen LogP contribution in [0, 0.1) is 0 Å². The van der Waals surface area contributed by atoms with E-state index < -0.39 is 0 Å². The number of benzene rings is 2. The number of carbonyl (C=O) groups is 2. The van der Waals surface area contributed by atoms with Gasteiger partial charge in [-0.1, -0.05) is 6.07 Å². The number of hydrogen-bond donors (Lipinski definition) is 3.